The highest BCUT2D eigenvalue weighted by Crippen LogP contribution is 2.23. The Morgan fingerprint density at radius 3 is 2.65 bits per heavy atom. The number of benzene rings is 1. The lowest BCUT2D eigenvalue weighted by Gasteiger charge is -2.16. The van der Waals surface area contributed by atoms with Gasteiger partial charge in [-0.2, -0.15) is 18.4 Å². The summed E-state index contributed by atoms with van der Waals surface area (Å²) in [5.74, 6) is 0.160. The highest BCUT2D eigenvalue weighted by molar-refractivity contribution is 5.41. The fraction of sp³-hybridized carbons (Fsp3) is 0.364. The number of halogens is 3. The monoisotopic (exact) mass is 245 g/mol. The topological polar surface area (TPSA) is 53.2 Å². The number of rotatable bonds is 3. The predicted octanol–water partition coefficient (Wildman–Crippen LogP) is 2.17. The molecule has 1 N–H and O–H groups in total. The van der Waals surface area contributed by atoms with Gasteiger partial charge in [0, 0.05) is 0 Å². The highest BCUT2D eigenvalue weighted by atomic mass is 19.4. The van der Waals surface area contributed by atoms with Gasteiger partial charge in [-0.25, -0.2) is 0 Å². The van der Waals surface area contributed by atoms with Crippen molar-refractivity contribution >= 4 is 0 Å². The van der Waals surface area contributed by atoms with E-state index in [1.807, 2.05) is 6.07 Å². The van der Waals surface area contributed by atoms with E-state index < -0.39 is 18.9 Å². The van der Waals surface area contributed by atoms with Gasteiger partial charge < -0.3 is 9.84 Å². The van der Waals surface area contributed by atoms with Gasteiger partial charge in [-0.05, 0) is 24.6 Å². The molecule has 0 heterocycles. The van der Waals surface area contributed by atoms with Gasteiger partial charge in [-0.15, -0.1) is 0 Å². The smallest absolute Gasteiger partial charge is 0.417 e. The molecule has 0 aliphatic carbocycles. The van der Waals surface area contributed by atoms with Crippen molar-refractivity contribution in [3.8, 4) is 11.8 Å². The van der Waals surface area contributed by atoms with Crippen molar-refractivity contribution in [3.63, 3.8) is 0 Å². The number of aliphatic hydroxyl groups excluding tert-OH is 1. The number of alkyl halides is 3. The van der Waals surface area contributed by atoms with Crippen molar-refractivity contribution in [1.29, 1.82) is 5.26 Å². The Morgan fingerprint density at radius 2 is 2.12 bits per heavy atom. The summed E-state index contributed by atoms with van der Waals surface area (Å²) in [6.45, 7) is 0.746. The van der Waals surface area contributed by atoms with Crippen LogP contribution in [0.1, 0.15) is 11.1 Å². The molecule has 0 bridgehead atoms. The normalized spacial score (nSPS) is 12.9. The van der Waals surface area contributed by atoms with Gasteiger partial charge >= 0.3 is 6.18 Å². The van der Waals surface area contributed by atoms with Crippen LogP contribution >= 0.6 is 0 Å². The molecule has 92 valence electrons. The molecule has 0 aliphatic rings. The summed E-state index contributed by atoms with van der Waals surface area (Å²) in [6.07, 6.45) is -7.24. The molecule has 0 saturated carbocycles. The van der Waals surface area contributed by atoms with E-state index >= 15 is 0 Å². The van der Waals surface area contributed by atoms with E-state index in [4.69, 9.17) is 15.1 Å². The number of hydrogen-bond acceptors (Lipinski definition) is 3. The first-order chi connectivity index (χ1) is 7.84. The fourth-order valence-electron chi connectivity index (χ4n) is 1.09. The van der Waals surface area contributed by atoms with E-state index in [0.717, 1.165) is 0 Å². The van der Waals surface area contributed by atoms with E-state index in [2.05, 4.69) is 0 Å². The first kappa shape index (κ1) is 13.3. The number of aryl methyl sites for hydroxylation is 1. The van der Waals surface area contributed by atoms with Crippen LogP contribution in [0.3, 0.4) is 0 Å². The summed E-state index contributed by atoms with van der Waals surface area (Å²) < 4.78 is 40.9. The lowest BCUT2D eigenvalue weighted by Crippen LogP contribution is -2.34. The van der Waals surface area contributed by atoms with Gasteiger partial charge in [0.15, 0.2) is 6.10 Å². The maximum Gasteiger partial charge on any atom is 0.417 e. The third-order valence-corrected chi connectivity index (χ3v) is 2.09. The Labute approximate surface area is 96.1 Å². The molecule has 0 saturated heterocycles. The lowest BCUT2D eigenvalue weighted by molar-refractivity contribution is -0.210. The second-order valence-corrected chi connectivity index (χ2v) is 3.46. The van der Waals surface area contributed by atoms with Crippen LogP contribution in [0.4, 0.5) is 13.2 Å². The first-order valence-corrected chi connectivity index (χ1v) is 4.73. The molecule has 0 spiro atoms. The van der Waals surface area contributed by atoms with E-state index in [1.54, 1.807) is 13.0 Å². The third kappa shape index (κ3) is 3.64. The molecule has 1 unspecified atom stereocenters. The van der Waals surface area contributed by atoms with E-state index in [1.165, 1.54) is 12.1 Å². The Balaban J connectivity index is 2.73. The zero-order valence-electron chi connectivity index (χ0n) is 8.95. The van der Waals surface area contributed by atoms with Crippen LogP contribution in [0.25, 0.3) is 0 Å². The van der Waals surface area contributed by atoms with Crippen molar-refractivity contribution in [1.82, 2.24) is 0 Å². The van der Waals surface area contributed by atoms with Gasteiger partial charge in [-0.3, -0.25) is 0 Å². The van der Waals surface area contributed by atoms with E-state index in [0.29, 0.717) is 5.56 Å². The van der Waals surface area contributed by atoms with Crippen LogP contribution in [0.2, 0.25) is 0 Å². The Hall–Kier alpha value is -1.74. The molecule has 1 aromatic carbocycles. The zero-order valence-corrected chi connectivity index (χ0v) is 8.95. The minimum atomic E-state index is -4.71. The maximum atomic E-state index is 12.0. The second kappa shape index (κ2) is 5.06. The summed E-state index contributed by atoms with van der Waals surface area (Å²) in [5, 5.41) is 17.4. The number of aliphatic hydroxyl groups is 1. The summed E-state index contributed by atoms with van der Waals surface area (Å²) in [6, 6.07) is 6.27. The Kier molecular flexibility index (Phi) is 3.97. The number of nitriles is 1. The SMILES string of the molecule is Cc1ccc(C#N)cc1OCC(O)C(F)(F)F. The average Bonchev–Trinajstić information content (AvgIpc) is 2.26. The van der Waals surface area contributed by atoms with Crippen LogP contribution in [0.5, 0.6) is 5.75 Å². The molecule has 0 aliphatic heterocycles. The molecule has 0 radical (unpaired) electrons. The number of ether oxygens (including phenoxy) is 1. The molecule has 6 heteroatoms. The van der Waals surface area contributed by atoms with Crippen LogP contribution < -0.4 is 4.74 Å². The molecule has 0 fully saturated rings. The summed E-state index contributed by atoms with van der Waals surface area (Å²) in [5.41, 5.74) is 0.880. The molecule has 1 aromatic rings. The van der Waals surface area contributed by atoms with Gasteiger partial charge in [-0.1, -0.05) is 6.07 Å². The van der Waals surface area contributed by atoms with Gasteiger partial charge in [0.2, 0.25) is 0 Å². The van der Waals surface area contributed by atoms with Crippen molar-refractivity contribution < 1.29 is 23.0 Å². The van der Waals surface area contributed by atoms with Crippen LogP contribution in [-0.4, -0.2) is 24.0 Å². The minimum absolute atomic E-state index is 0.160. The number of nitrogens with zero attached hydrogens (tertiary/aromatic N) is 1. The van der Waals surface area contributed by atoms with E-state index in [9.17, 15) is 13.2 Å². The summed E-state index contributed by atoms with van der Waals surface area (Å²) in [7, 11) is 0. The standard InChI is InChI=1S/C11H10F3NO2/c1-7-2-3-8(5-15)4-9(7)17-6-10(16)11(12,13)14/h2-4,10,16H,6H2,1H3. The second-order valence-electron chi connectivity index (χ2n) is 3.46. The Bertz CT molecular complexity index is 437. The largest absolute Gasteiger partial charge is 0.490 e. The predicted molar refractivity (Wildman–Crippen MR) is 53.5 cm³/mol. The van der Waals surface area contributed by atoms with Crippen LogP contribution in [-0.2, 0) is 0 Å². The molecule has 1 atom stereocenters. The first-order valence-electron chi connectivity index (χ1n) is 4.73. The van der Waals surface area contributed by atoms with Crippen molar-refractivity contribution in [3.05, 3.63) is 29.3 Å². The molecule has 17 heavy (non-hydrogen) atoms. The quantitative estimate of drug-likeness (QED) is 0.887. The Morgan fingerprint density at radius 1 is 1.47 bits per heavy atom. The summed E-state index contributed by atoms with van der Waals surface area (Å²) >= 11 is 0. The van der Waals surface area contributed by atoms with Crippen LogP contribution in [0, 0.1) is 18.3 Å². The summed E-state index contributed by atoms with van der Waals surface area (Å²) in [4.78, 5) is 0. The molecule has 0 amide bonds. The number of hydrogen-bond donors (Lipinski definition) is 1. The van der Waals surface area contributed by atoms with Gasteiger partial charge in [0.1, 0.15) is 12.4 Å². The van der Waals surface area contributed by atoms with Gasteiger partial charge in [0.25, 0.3) is 0 Å². The maximum absolute atomic E-state index is 12.0. The van der Waals surface area contributed by atoms with Crippen molar-refractivity contribution in [2.75, 3.05) is 6.61 Å². The van der Waals surface area contributed by atoms with Crippen molar-refractivity contribution in [2.45, 2.75) is 19.2 Å². The van der Waals surface area contributed by atoms with E-state index in [-0.39, 0.29) is 11.3 Å². The minimum Gasteiger partial charge on any atom is -0.490 e. The molecular formula is C11H10F3NO2. The fourth-order valence-corrected chi connectivity index (χ4v) is 1.09. The van der Waals surface area contributed by atoms with Crippen molar-refractivity contribution in [2.24, 2.45) is 0 Å². The lowest BCUT2D eigenvalue weighted by atomic mass is 10.1. The molecular weight excluding hydrogens is 235 g/mol. The molecule has 3 nitrogen and oxygen atoms in total. The molecule has 1 rings (SSSR count). The third-order valence-electron chi connectivity index (χ3n) is 2.09. The van der Waals surface area contributed by atoms with Crippen LogP contribution in [0.15, 0.2) is 18.2 Å². The van der Waals surface area contributed by atoms with Gasteiger partial charge in [0.05, 0.1) is 11.6 Å². The average molecular weight is 245 g/mol. The zero-order chi connectivity index (χ0) is 13.1. The molecule has 0 aromatic heterocycles. The highest BCUT2D eigenvalue weighted by Gasteiger charge is 2.38.